The molecule has 2 atom stereocenters. The van der Waals surface area contributed by atoms with Crippen LogP contribution in [0.25, 0.3) is 11.3 Å². The zero-order chi connectivity index (χ0) is 22.0. The van der Waals surface area contributed by atoms with Crippen molar-refractivity contribution in [2.24, 2.45) is 5.92 Å². The highest BCUT2D eigenvalue weighted by molar-refractivity contribution is 6.09. The number of carbonyl (C=O) groups excluding carboxylic acids is 2. The molecule has 3 N–H and O–H groups in total. The normalized spacial score (nSPS) is 16.5. The molecule has 0 radical (unpaired) electrons. The standard InChI is InChI=1S/C24H26N4O3/c1-15(14-29)28(2)24(31)17-12-19-21(20(30)13-17)23(26-18-6-4-3-5-7-18)22(27-19)16-8-10-25-11-9-16/h3-11,15,17,26-27,29H,12-14H2,1-2H3. The second kappa shape index (κ2) is 8.73. The SMILES string of the molecule is CC(CO)N(C)C(=O)C1CC(=O)c2c([nH]c(-c3ccncc3)c2Nc2ccccc2)C1. The first-order valence-electron chi connectivity index (χ1n) is 10.4. The van der Waals surface area contributed by atoms with Crippen molar-refractivity contribution in [2.45, 2.75) is 25.8 Å². The molecule has 0 bridgehead atoms. The lowest BCUT2D eigenvalue weighted by atomic mass is 9.85. The Bertz CT molecular complexity index is 1080. The number of ketones is 1. The molecule has 1 aromatic carbocycles. The average molecular weight is 418 g/mol. The van der Waals surface area contributed by atoms with Gasteiger partial charge in [-0.3, -0.25) is 14.6 Å². The molecule has 1 amide bonds. The maximum atomic E-state index is 13.2. The summed E-state index contributed by atoms with van der Waals surface area (Å²) in [6.45, 7) is 1.67. The molecule has 3 aromatic rings. The number of aliphatic hydroxyl groups is 1. The van der Waals surface area contributed by atoms with Crippen LogP contribution in [0.5, 0.6) is 0 Å². The van der Waals surface area contributed by atoms with Crippen molar-refractivity contribution in [3.05, 3.63) is 66.1 Å². The smallest absolute Gasteiger partial charge is 0.226 e. The highest BCUT2D eigenvalue weighted by atomic mass is 16.3. The number of hydrogen-bond donors (Lipinski definition) is 3. The summed E-state index contributed by atoms with van der Waals surface area (Å²) in [6.07, 6.45) is 4.00. The predicted molar refractivity (Wildman–Crippen MR) is 119 cm³/mol. The molecule has 1 aliphatic rings. The van der Waals surface area contributed by atoms with Crippen molar-refractivity contribution in [3.63, 3.8) is 0 Å². The fourth-order valence-corrected chi connectivity index (χ4v) is 3.99. The summed E-state index contributed by atoms with van der Waals surface area (Å²) >= 11 is 0. The van der Waals surface area contributed by atoms with Gasteiger partial charge in [-0.05, 0) is 31.2 Å². The van der Waals surface area contributed by atoms with E-state index >= 15 is 0 Å². The molecule has 0 fully saturated rings. The molecule has 2 heterocycles. The van der Waals surface area contributed by atoms with Crippen molar-refractivity contribution >= 4 is 23.1 Å². The number of benzene rings is 1. The number of aromatic nitrogens is 2. The van der Waals surface area contributed by atoms with Crippen LogP contribution >= 0.6 is 0 Å². The van der Waals surface area contributed by atoms with E-state index in [9.17, 15) is 14.7 Å². The number of H-pyrrole nitrogens is 1. The minimum Gasteiger partial charge on any atom is -0.394 e. The lowest BCUT2D eigenvalue weighted by Crippen LogP contribution is -2.43. The number of para-hydroxylation sites is 1. The van der Waals surface area contributed by atoms with Gasteiger partial charge >= 0.3 is 0 Å². The Kier molecular flexibility index (Phi) is 5.86. The topological polar surface area (TPSA) is 98.3 Å². The van der Waals surface area contributed by atoms with Gasteiger partial charge in [-0.25, -0.2) is 0 Å². The van der Waals surface area contributed by atoms with Gasteiger partial charge in [0.1, 0.15) is 0 Å². The lowest BCUT2D eigenvalue weighted by molar-refractivity contribution is -0.136. The fourth-order valence-electron chi connectivity index (χ4n) is 3.99. The first-order valence-corrected chi connectivity index (χ1v) is 10.4. The Balaban J connectivity index is 1.74. The summed E-state index contributed by atoms with van der Waals surface area (Å²) in [4.78, 5) is 35.2. The van der Waals surface area contributed by atoms with Crippen LogP contribution in [0.1, 0.15) is 29.4 Å². The van der Waals surface area contributed by atoms with Crippen LogP contribution in [0.3, 0.4) is 0 Å². The van der Waals surface area contributed by atoms with E-state index in [4.69, 9.17) is 0 Å². The lowest BCUT2D eigenvalue weighted by Gasteiger charge is -2.29. The summed E-state index contributed by atoms with van der Waals surface area (Å²) in [7, 11) is 1.67. The second-order valence-corrected chi connectivity index (χ2v) is 7.96. The van der Waals surface area contributed by atoms with E-state index in [-0.39, 0.29) is 30.8 Å². The van der Waals surface area contributed by atoms with E-state index in [2.05, 4.69) is 15.3 Å². The number of carbonyl (C=O) groups is 2. The molecule has 160 valence electrons. The van der Waals surface area contributed by atoms with Crippen LogP contribution in [0.4, 0.5) is 11.4 Å². The largest absolute Gasteiger partial charge is 0.394 e. The molecule has 7 heteroatoms. The summed E-state index contributed by atoms with van der Waals surface area (Å²) in [6, 6.07) is 13.2. The number of amides is 1. The van der Waals surface area contributed by atoms with Gasteiger partial charge < -0.3 is 20.3 Å². The number of aromatic amines is 1. The summed E-state index contributed by atoms with van der Waals surface area (Å²) in [5, 5.41) is 12.8. The number of pyridine rings is 1. The number of anilines is 2. The van der Waals surface area contributed by atoms with Gasteiger partial charge in [-0.1, -0.05) is 18.2 Å². The molecular weight excluding hydrogens is 392 g/mol. The van der Waals surface area contributed by atoms with Crippen molar-refractivity contribution in [1.29, 1.82) is 0 Å². The molecule has 0 saturated heterocycles. The maximum absolute atomic E-state index is 13.2. The van der Waals surface area contributed by atoms with E-state index in [0.29, 0.717) is 12.0 Å². The quantitative estimate of drug-likeness (QED) is 0.570. The molecule has 0 saturated carbocycles. The Hall–Kier alpha value is -3.45. The van der Waals surface area contributed by atoms with E-state index in [1.807, 2.05) is 42.5 Å². The Morgan fingerprint density at radius 1 is 1.23 bits per heavy atom. The first kappa shape index (κ1) is 20.8. The Morgan fingerprint density at radius 2 is 1.94 bits per heavy atom. The minimum absolute atomic E-state index is 0.0698. The monoisotopic (exact) mass is 418 g/mol. The van der Waals surface area contributed by atoms with E-state index in [0.717, 1.165) is 28.3 Å². The van der Waals surface area contributed by atoms with E-state index < -0.39 is 5.92 Å². The van der Waals surface area contributed by atoms with Crippen LogP contribution in [0, 0.1) is 5.92 Å². The summed E-state index contributed by atoms with van der Waals surface area (Å²) in [5.41, 5.74) is 4.67. The molecule has 1 aliphatic carbocycles. The van der Waals surface area contributed by atoms with Gasteiger partial charge in [0.05, 0.1) is 35.5 Å². The molecule has 2 aromatic heterocycles. The Labute approximate surface area is 181 Å². The highest BCUT2D eigenvalue weighted by Crippen LogP contribution is 2.40. The molecule has 0 aliphatic heterocycles. The van der Waals surface area contributed by atoms with Crippen LogP contribution < -0.4 is 5.32 Å². The summed E-state index contributed by atoms with van der Waals surface area (Å²) in [5.74, 6) is -0.648. The highest BCUT2D eigenvalue weighted by Gasteiger charge is 2.36. The number of Topliss-reactive ketones (excluding diaryl/α,β-unsaturated/α-hetero) is 1. The maximum Gasteiger partial charge on any atom is 0.226 e. The van der Waals surface area contributed by atoms with E-state index in [1.54, 1.807) is 26.4 Å². The zero-order valence-electron chi connectivity index (χ0n) is 17.6. The fraction of sp³-hybridized carbons (Fsp3) is 0.292. The first-order chi connectivity index (χ1) is 15.0. The molecule has 0 spiro atoms. The number of rotatable bonds is 6. The number of hydrogen-bond acceptors (Lipinski definition) is 5. The third kappa shape index (κ3) is 4.09. The number of likely N-dealkylation sites (N-methyl/N-ethyl adjacent to an activating group) is 1. The number of aliphatic hydroxyl groups excluding tert-OH is 1. The third-order valence-corrected chi connectivity index (χ3v) is 5.87. The van der Waals surface area contributed by atoms with Crippen LogP contribution in [0.2, 0.25) is 0 Å². The summed E-state index contributed by atoms with van der Waals surface area (Å²) < 4.78 is 0. The minimum atomic E-state index is -0.451. The van der Waals surface area contributed by atoms with Gasteiger partial charge in [0.15, 0.2) is 5.78 Å². The Morgan fingerprint density at radius 3 is 2.61 bits per heavy atom. The number of nitrogens with zero attached hydrogens (tertiary/aromatic N) is 2. The average Bonchev–Trinajstić information content (AvgIpc) is 3.17. The van der Waals surface area contributed by atoms with E-state index in [1.165, 1.54) is 4.90 Å². The van der Waals surface area contributed by atoms with Crippen molar-refractivity contribution in [1.82, 2.24) is 14.9 Å². The van der Waals surface area contributed by atoms with Crippen molar-refractivity contribution in [3.8, 4) is 11.3 Å². The number of fused-ring (bicyclic) bond motifs is 1. The van der Waals surface area contributed by atoms with Gasteiger partial charge in [0.2, 0.25) is 5.91 Å². The van der Waals surface area contributed by atoms with Gasteiger partial charge in [0.25, 0.3) is 0 Å². The predicted octanol–water partition coefficient (Wildman–Crippen LogP) is 3.40. The molecular formula is C24H26N4O3. The molecule has 4 rings (SSSR count). The van der Waals surface area contributed by atoms with Crippen molar-refractivity contribution in [2.75, 3.05) is 19.0 Å². The molecule has 2 unspecified atom stereocenters. The van der Waals surface area contributed by atoms with Gasteiger partial charge in [-0.15, -0.1) is 0 Å². The molecule has 31 heavy (non-hydrogen) atoms. The second-order valence-electron chi connectivity index (χ2n) is 7.96. The van der Waals surface area contributed by atoms with Crippen LogP contribution in [0.15, 0.2) is 54.9 Å². The zero-order valence-corrected chi connectivity index (χ0v) is 17.6. The molecule has 7 nitrogen and oxygen atoms in total. The van der Waals surface area contributed by atoms with Crippen LogP contribution in [-0.2, 0) is 11.2 Å². The van der Waals surface area contributed by atoms with Gasteiger partial charge in [0, 0.05) is 49.2 Å². The third-order valence-electron chi connectivity index (χ3n) is 5.87. The van der Waals surface area contributed by atoms with Crippen molar-refractivity contribution < 1.29 is 14.7 Å². The number of nitrogens with one attached hydrogen (secondary N) is 2. The van der Waals surface area contributed by atoms with Gasteiger partial charge in [-0.2, -0.15) is 0 Å². The van der Waals surface area contributed by atoms with Crippen LogP contribution in [-0.4, -0.2) is 51.4 Å².